The molecule has 3 N–H and O–H groups in total. The summed E-state index contributed by atoms with van der Waals surface area (Å²) in [6.45, 7) is 2.13. The molecule has 4 aromatic rings. The van der Waals surface area contributed by atoms with Crippen LogP contribution in [0.15, 0.2) is 66.9 Å². The maximum absolute atomic E-state index is 15.3. The first-order chi connectivity index (χ1) is 23.1. The third-order valence-corrected chi connectivity index (χ3v) is 8.30. The van der Waals surface area contributed by atoms with Crippen LogP contribution in [-0.2, 0) is 14.4 Å². The van der Waals surface area contributed by atoms with Gasteiger partial charge in [-0.15, -0.1) is 0 Å². The van der Waals surface area contributed by atoms with Gasteiger partial charge in [0.1, 0.15) is 22.8 Å². The van der Waals surface area contributed by atoms with Crippen LogP contribution < -0.4 is 24.8 Å². The molecule has 12 heteroatoms. The number of pyridine rings is 1. The van der Waals surface area contributed by atoms with Crippen LogP contribution in [0, 0.1) is 23.0 Å². The Kier molecular flexibility index (Phi) is 10.8. The van der Waals surface area contributed by atoms with Crippen molar-refractivity contribution in [2.75, 3.05) is 31.0 Å². The standard InChI is InChI=1S/C36H37F2N3O7/c1-22(13-17-42)29(43)5-3-4-18-47-33-20-26-28(21-32(33)46-2)39-16-12-30(26)48-31-11-10-25(19-27(31)38)41-35(45)36(14-15-36)34(44)40-24-8-6-23(37)7-9-24/h6-12,16,19-22,42H,3-5,13-15,17-18H2,1-2H3,(H,40,44)(H,41,45). The summed E-state index contributed by atoms with van der Waals surface area (Å²) in [5, 5.41) is 14.8. The number of carbonyl (C=O) groups is 3. The molecule has 1 saturated carbocycles. The largest absolute Gasteiger partial charge is 0.493 e. The molecule has 1 fully saturated rings. The molecule has 0 bridgehead atoms. The van der Waals surface area contributed by atoms with Crippen LogP contribution in [0.1, 0.15) is 45.4 Å². The fourth-order valence-corrected chi connectivity index (χ4v) is 5.17. The number of fused-ring (bicyclic) bond motifs is 1. The Morgan fingerprint density at radius 3 is 2.27 bits per heavy atom. The molecule has 3 aromatic carbocycles. The van der Waals surface area contributed by atoms with Gasteiger partial charge >= 0.3 is 0 Å². The van der Waals surface area contributed by atoms with Crippen molar-refractivity contribution in [1.29, 1.82) is 0 Å². The van der Waals surface area contributed by atoms with Crippen molar-refractivity contribution in [2.45, 2.75) is 45.4 Å². The molecule has 48 heavy (non-hydrogen) atoms. The summed E-state index contributed by atoms with van der Waals surface area (Å²) in [5.74, 6) is -1.26. The van der Waals surface area contributed by atoms with Crippen LogP contribution in [0.4, 0.5) is 20.2 Å². The average Bonchev–Trinajstić information content (AvgIpc) is 3.89. The molecule has 252 valence electrons. The maximum Gasteiger partial charge on any atom is 0.240 e. The fraction of sp³-hybridized carbons (Fsp3) is 0.333. The van der Waals surface area contributed by atoms with E-state index in [-0.39, 0.29) is 29.7 Å². The molecule has 1 aliphatic carbocycles. The maximum atomic E-state index is 15.3. The van der Waals surface area contributed by atoms with E-state index in [4.69, 9.17) is 19.3 Å². The number of methoxy groups -OCH3 is 1. The van der Waals surface area contributed by atoms with Gasteiger partial charge in [-0.05, 0) is 80.6 Å². The molecule has 2 amide bonds. The summed E-state index contributed by atoms with van der Waals surface area (Å²) in [6.07, 6.45) is 4.29. The van der Waals surface area contributed by atoms with Gasteiger partial charge in [-0.1, -0.05) is 6.92 Å². The quantitative estimate of drug-likeness (QED) is 0.0881. The molecule has 0 aliphatic heterocycles. The number of anilines is 2. The van der Waals surface area contributed by atoms with Gasteiger partial charge < -0.3 is 30.0 Å². The molecule has 0 radical (unpaired) electrons. The summed E-state index contributed by atoms with van der Waals surface area (Å²) >= 11 is 0. The summed E-state index contributed by atoms with van der Waals surface area (Å²) in [6, 6.07) is 14.1. The van der Waals surface area contributed by atoms with Gasteiger partial charge in [0.05, 0.1) is 19.2 Å². The third kappa shape index (κ3) is 8.06. The lowest BCUT2D eigenvalue weighted by atomic mass is 9.99. The lowest BCUT2D eigenvalue weighted by molar-refractivity contribution is -0.131. The first-order valence-electron chi connectivity index (χ1n) is 15.7. The van der Waals surface area contributed by atoms with E-state index < -0.39 is 28.9 Å². The van der Waals surface area contributed by atoms with E-state index in [2.05, 4.69) is 15.6 Å². The van der Waals surface area contributed by atoms with Crippen molar-refractivity contribution in [2.24, 2.45) is 11.3 Å². The van der Waals surface area contributed by atoms with E-state index in [0.29, 0.717) is 79.0 Å². The number of hydrogen-bond acceptors (Lipinski definition) is 8. The van der Waals surface area contributed by atoms with Crippen LogP contribution in [0.5, 0.6) is 23.0 Å². The second-order valence-electron chi connectivity index (χ2n) is 11.8. The molecular weight excluding hydrogens is 624 g/mol. The normalized spacial score (nSPS) is 13.8. The van der Waals surface area contributed by atoms with Crippen LogP contribution in [0.3, 0.4) is 0 Å². The van der Waals surface area contributed by atoms with E-state index in [1.165, 1.54) is 49.7 Å². The van der Waals surface area contributed by atoms with Gasteiger partial charge in [0.2, 0.25) is 11.8 Å². The molecule has 1 heterocycles. The minimum absolute atomic E-state index is 0.0155. The molecule has 1 aromatic heterocycles. The Bertz CT molecular complexity index is 1790. The predicted molar refractivity (Wildman–Crippen MR) is 175 cm³/mol. The first-order valence-corrected chi connectivity index (χ1v) is 15.7. The van der Waals surface area contributed by atoms with Gasteiger partial charge in [0.25, 0.3) is 0 Å². The monoisotopic (exact) mass is 661 g/mol. The zero-order valence-corrected chi connectivity index (χ0v) is 26.7. The number of benzene rings is 3. The van der Waals surface area contributed by atoms with E-state index in [0.717, 1.165) is 6.07 Å². The smallest absolute Gasteiger partial charge is 0.240 e. The Morgan fingerprint density at radius 2 is 1.60 bits per heavy atom. The molecule has 1 atom stereocenters. The zero-order chi connectivity index (χ0) is 34.3. The Labute approximate surface area is 276 Å². The van der Waals surface area contributed by atoms with E-state index in [1.54, 1.807) is 18.2 Å². The number of ether oxygens (including phenoxy) is 3. The number of Topliss-reactive ketones (excluding diaryl/α,β-unsaturated/α-hetero) is 1. The predicted octanol–water partition coefficient (Wildman–Crippen LogP) is 6.81. The number of nitrogens with one attached hydrogen (secondary N) is 2. The number of ketones is 1. The molecule has 0 spiro atoms. The number of unbranched alkanes of at least 4 members (excludes halogenated alkanes) is 1. The van der Waals surface area contributed by atoms with E-state index >= 15 is 4.39 Å². The minimum atomic E-state index is -1.30. The van der Waals surface area contributed by atoms with Crippen LogP contribution >= 0.6 is 0 Å². The van der Waals surface area contributed by atoms with Gasteiger partial charge in [-0.3, -0.25) is 19.4 Å². The number of halogens is 2. The van der Waals surface area contributed by atoms with Crippen molar-refractivity contribution in [3.8, 4) is 23.0 Å². The van der Waals surface area contributed by atoms with Gasteiger partial charge in [0, 0.05) is 54.0 Å². The molecule has 5 rings (SSSR count). The summed E-state index contributed by atoms with van der Waals surface area (Å²) in [5.41, 5.74) is -0.261. The lowest BCUT2D eigenvalue weighted by Gasteiger charge is -2.16. The number of nitrogens with zero attached hydrogens (tertiary/aromatic N) is 1. The van der Waals surface area contributed by atoms with Gasteiger partial charge in [-0.25, -0.2) is 8.78 Å². The number of amides is 2. The van der Waals surface area contributed by atoms with Crippen molar-refractivity contribution in [1.82, 2.24) is 4.98 Å². The SMILES string of the molecule is COc1cc2nccc(Oc3ccc(NC(=O)C4(C(=O)Nc5ccc(F)cc5)CC4)cc3F)c2cc1OCCCCC(=O)C(C)CCO. The van der Waals surface area contributed by atoms with Crippen LogP contribution in [-0.4, -0.2) is 48.0 Å². The summed E-state index contributed by atoms with van der Waals surface area (Å²) in [4.78, 5) is 42.5. The molecule has 0 saturated heterocycles. The van der Waals surface area contributed by atoms with Crippen LogP contribution in [0.2, 0.25) is 0 Å². The summed E-state index contributed by atoms with van der Waals surface area (Å²) in [7, 11) is 1.51. The van der Waals surface area contributed by atoms with Crippen LogP contribution in [0.25, 0.3) is 10.9 Å². The highest BCUT2D eigenvalue weighted by Gasteiger charge is 2.56. The minimum Gasteiger partial charge on any atom is -0.493 e. The fourth-order valence-electron chi connectivity index (χ4n) is 5.17. The third-order valence-electron chi connectivity index (χ3n) is 8.30. The molecular formula is C36H37F2N3O7. The van der Waals surface area contributed by atoms with Crippen molar-refractivity contribution in [3.05, 3.63) is 78.5 Å². The highest BCUT2D eigenvalue weighted by atomic mass is 19.1. The molecule has 1 aliphatic rings. The van der Waals surface area contributed by atoms with Gasteiger partial charge in [0.15, 0.2) is 23.1 Å². The van der Waals surface area contributed by atoms with E-state index in [1.807, 2.05) is 6.92 Å². The average molecular weight is 662 g/mol. The summed E-state index contributed by atoms with van der Waals surface area (Å²) < 4.78 is 45.9. The molecule has 10 nitrogen and oxygen atoms in total. The van der Waals surface area contributed by atoms with Crippen molar-refractivity contribution in [3.63, 3.8) is 0 Å². The Balaban J connectivity index is 1.23. The number of rotatable bonds is 16. The number of aromatic nitrogens is 1. The highest BCUT2D eigenvalue weighted by molar-refractivity contribution is 6.16. The second kappa shape index (κ2) is 15.2. The Morgan fingerprint density at radius 1 is 0.896 bits per heavy atom. The number of hydrogen-bond donors (Lipinski definition) is 3. The number of aliphatic hydroxyl groups excluding tert-OH is 1. The van der Waals surface area contributed by atoms with Gasteiger partial charge in [-0.2, -0.15) is 0 Å². The van der Waals surface area contributed by atoms with Crippen molar-refractivity contribution >= 4 is 39.9 Å². The number of carbonyl (C=O) groups excluding carboxylic acids is 3. The first kappa shape index (κ1) is 34.2. The van der Waals surface area contributed by atoms with Crippen molar-refractivity contribution < 1.29 is 42.5 Å². The number of aliphatic hydroxyl groups is 1. The lowest BCUT2D eigenvalue weighted by Crippen LogP contribution is -2.35. The Hall–Kier alpha value is -5.10. The second-order valence-corrected chi connectivity index (χ2v) is 11.8. The highest BCUT2D eigenvalue weighted by Crippen LogP contribution is 2.47. The molecule has 1 unspecified atom stereocenters. The topological polar surface area (TPSA) is 136 Å². The van der Waals surface area contributed by atoms with E-state index in [9.17, 15) is 18.8 Å². The zero-order valence-electron chi connectivity index (χ0n) is 26.7.